The van der Waals surface area contributed by atoms with Crippen LogP contribution < -0.4 is 10.2 Å². The maximum absolute atomic E-state index is 13.2. The van der Waals surface area contributed by atoms with Crippen molar-refractivity contribution in [1.29, 1.82) is 0 Å². The fraction of sp³-hybridized carbons (Fsp3) is 0.375. The van der Waals surface area contributed by atoms with Gasteiger partial charge in [-0.05, 0) is 61.9 Å². The lowest BCUT2D eigenvalue weighted by Gasteiger charge is -2.41. The summed E-state index contributed by atoms with van der Waals surface area (Å²) < 4.78 is 15.1. The van der Waals surface area contributed by atoms with Crippen molar-refractivity contribution >= 4 is 23.2 Å². The first kappa shape index (κ1) is 19.7. The van der Waals surface area contributed by atoms with Crippen LogP contribution in [0.3, 0.4) is 0 Å². The van der Waals surface area contributed by atoms with Gasteiger partial charge >= 0.3 is 0 Å². The van der Waals surface area contributed by atoms with Crippen LogP contribution in [0.5, 0.6) is 0 Å². The fourth-order valence-corrected chi connectivity index (χ4v) is 4.67. The Bertz CT molecular complexity index is 1100. The quantitative estimate of drug-likeness (QED) is 0.657. The normalized spacial score (nSPS) is 17.0. The van der Waals surface area contributed by atoms with Crippen molar-refractivity contribution in [2.75, 3.05) is 16.8 Å². The molecule has 5 rings (SSSR count). The van der Waals surface area contributed by atoms with Crippen molar-refractivity contribution in [3.8, 4) is 0 Å². The third kappa shape index (κ3) is 3.48. The van der Waals surface area contributed by atoms with Crippen LogP contribution in [-0.4, -0.2) is 27.2 Å². The number of aryl methyl sites for hydroxylation is 2. The number of fused-ring (bicyclic) bond motifs is 1. The average Bonchev–Trinajstić information content (AvgIpc) is 3.23. The van der Waals surface area contributed by atoms with Gasteiger partial charge in [0.15, 0.2) is 5.82 Å². The molecule has 1 fully saturated rings. The van der Waals surface area contributed by atoms with Crippen molar-refractivity contribution in [3.05, 3.63) is 65.7 Å². The van der Waals surface area contributed by atoms with Gasteiger partial charge in [-0.2, -0.15) is 5.10 Å². The first-order chi connectivity index (χ1) is 15.1. The highest BCUT2D eigenvalue weighted by molar-refractivity contribution is 5.99. The van der Waals surface area contributed by atoms with Gasteiger partial charge in [-0.25, -0.2) is 9.37 Å². The van der Waals surface area contributed by atoms with E-state index in [1.807, 2.05) is 10.9 Å². The van der Waals surface area contributed by atoms with Crippen LogP contribution in [0.2, 0.25) is 0 Å². The summed E-state index contributed by atoms with van der Waals surface area (Å²) in [6.07, 6.45) is 7.81. The van der Waals surface area contributed by atoms with Gasteiger partial charge in [-0.1, -0.05) is 18.6 Å². The number of nitrogens with one attached hydrogen (secondary N) is 1. The van der Waals surface area contributed by atoms with Crippen LogP contribution in [0.15, 0.2) is 48.8 Å². The second-order valence-electron chi connectivity index (χ2n) is 8.38. The topological polar surface area (TPSA) is 63.1 Å². The maximum Gasteiger partial charge on any atom is 0.236 e. The second kappa shape index (κ2) is 7.80. The highest BCUT2D eigenvalue weighted by atomic mass is 19.1. The smallest absolute Gasteiger partial charge is 0.236 e. The molecule has 0 radical (unpaired) electrons. The predicted molar refractivity (Wildman–Crippen MR) is 118 cm³/mol. The Morgan fingerprint density at radius 2 is 2.06 bits per heavy atom. The third-order valence-electron chi connectivity index (χ3n) is 6.59. The lowest BCUT2D eigenvalue weighted by atomic mass is 9.63. The number of aromatic nitrogens is 3. The molecule has 3 aromatic rings. The van der Waals surface area contributed by atoms with E-state index in [9.17, 15) is 9.18 Å². The van der Waals surface area contributed by atoms with E-state index >= 15 is 0 Å². The minimum absolute atomic E-state index is 0.0628. The standard InChI is InChI=1S/C24H26FN5O/c1-2-29-14-10-22(28-29)30-13-3-5-17-15-18(6-8-20(17)30)24(11-4-12-24)23(31)27-21-9-7-19(25)16-26-21/h6-10,14-16H,2-5,11-13H2,1H3,(H,26,27,31). The monoisotopic (exact) mass is 419 g/mol. The maximum atomic E-state index is 13.2. The van der Waals surface area contributed by atoms with Crippen molar-refractivity contribution < 1.29 is 9.18 Å². The Hall–Kier alpha value is -3.22. The number of hydrogen-bond acceptors (Lipinski definition) is 4. The molecule has 3 heterocycles. The van der Waals surface area contributed by atoms with Gasteiger partial charge in [-0.15, -0.1) is 0 Å². The molecule has 1 aromatic carbocycles. The average molecular weight is 420 g/mol. The van der Waals surface area contributed by atoms with E-state index in [2.05, 4.69) is 51.5 Å². The third-order valence-corrected chi connectivity index (χ3v) is 6.59. The molecule has 0 bridgehead atoms. The molecule has 0 saturated heterocycles. The number of anilines is 3. The van der Waals surface area contributed by atoms with Crippen molar-refractivity contribution in [2.45, 2.75) is 51.0 Å². The number of halogens is 1. The van der Waals surface area contributed by atoms with Gasteiger partial charge in [0.1, 0.15) is 11.6 Å². The van der Waals surface area contributed by atoms with Crippen LogP contribution in [0.4, 0.5) is 21.7 Å². The Kier molecular flexibility index (Phi) is 4.96. The fourth-order valence-electron chi connectivity index (χ4n) is 4.67. The summed E-state index contributed by atoms with van der Waals surface area (Å²) in [4.78, 5) is 19.5. The van der Waals surface area contributed by atoms with Gasteiger partial charge in [-0.3, -0.25) is 9.48 Å². The molecular weight excluding hydrogens is 393 g/mol. The van der Waals surface area contributed by atoms with Gasteiger partial charge in [0.05, 0.1) is 11.6 Å². The summed E-state index contributed by atoms with van der Waals surface area (Å²) in [7, 11) is 0. The molecule has 2 aliphatic rings. The summed E-state index contributed by atoms with van der Waals surface area (Å²) in [5.41, 5.74) is 2.94. The molecule has 0 unspecified atom stereocenters. The van der Waals surface area contributed by atoms with E-state index in [4.69, 9.17) is 0 Å². The first-order valence-electron chi connectivity index (χ1n) is 11.0. The number of pyridine rings is 1. The van der Waals surface area contributed by atoms with Gasteiger partial charge < -0.3 is 10.2 Å². The van der Waals surface area contributed by atoms with E-state index in [0.717, 1.165) is 62.8 Å². The van der Waals surface area contributed by atoms with Crippen LogP contribution in [0, 0.1) is 5.82 Å². The van der Waals surface area contributed by atoms with Gasteiger partial charge in [0, 0.05) is 31.0 Å². The SMILES string of the molecule is CCn1ccc(N2CCCc3cc(C4(C(=O)Nc5ccc(F)cn5)CCC4)ccc32)n1. The zero-order valence-electron chi connectivity index (χ0n) is 17.6. The lowest BCUT2D eigenvalue weighted by Crippen LogP contribution is -2.46. The molecule has 6 nitrogen and oxygen atoms in total. The first-order valence-corrected chi connectivity index (χ1v) is 11.0. The van der Waals surface area contributed by atoms with Gasteiger partial charge in [0.25, 0.3) is 0 Å². The van der Waals surface area contributed by atoms with Crippen LogP contribution in [0.1, 0.15) is 43.7 Å². The zero-order chi connectivity index (χ0) is 21.4. The number of rotatable bonds is 5. The summed E-state index contributed by atoms with van der Waals surface area (Å²) in [6.45, 7) is 3.87. The molecule has 0 spiro atoms. The van der Waals surface area contributed by atoms with Crippen LogP contribution in [-0.2, 0) is 23.2 Å². The molecule has 1 saturated carbocycles. The van der Waals surface area contributed by atoms with Crippen molar-refractivity contribution in [3.63, 3.8) is 0 Å². The highest BCUT2D eigenvalue weighted by Crippen LogP contribution is 2.46. The molecule has 31 heavy (non-hydrogen) atoms. The minimum Gasteiger partial charge on any atom is -0.325 e. The van der Waals surface area contributed by atoms with Crippen molar-refractivity contribution in [1.82, 2.24) is 14.8 Å². The number of nitrogens with zero attached hydrogens (tertiary/aromatic N) is 4. The summed E-state index contributed by atoms with van der Waals surface area (Å²) in [5, 5.41) is 7.57. The van der Waals surface area contributed by atoms with Gasteiger partial charge in [0.2, 0.25) is 5.91 Å². The van der Waals surface area contributed by atoms with E-state index in [1.165, 1.54) is 23.4 Å². The number of carbonyl (C=O) groups excluding carboxylic acids is 1. The largest absolute Gasteiger partial charge is 0.325 e. The van der Waals surface area contributed by atoms with Crippen LogP contribution in [0.25, 0.3) is 0 Å². The van der Waals surface area contributed by atoms with E-state index in [-0.39, 0.29) is 5.91 Å². The van der Waals surface area contributed by atoms with E-state index in [1.54, 1.807) is 0 Å². The van der Waals surface area contributed by atoms with Crippen LogP contribution >= 0.6 is 0 Å². The number of benzene rings is 1. The van der Waals surface area contributed by atoms with E-state index in [0.29, 0.717) is 5.82 Å². The summed E-state index contributed by atoms with van der Waals surface area (Å²) in [6, 6.07) is 11.3. The summed E-state index contributed by atoms with van der Waals surface area (Å²) in [5.74, 6) is 0.869. The van der Waals surface area contributed by atoms with E-state index < -0.39 is 11.2 Å². The zero-order valence-corrected chi connectivity index (χ0v) is 17.6. The minimum atomic E-state index is -0.544. The summed E-state index contributed by atoms with van der Waals surface area (Å²) >= 11 is 0. The second-order valence-corrected chi connectivity index (χ2v) is 8.38. The molecule has 1 amide bonds. The Morgan fingerprint density at radius 3 is 2.74 bits per heavy atom. The predicted octanol–water partition coefficient (Wildman–Crippen LogP) is 4.58. The van der Waals surface area contributed by atoms with Crippen molar-refractivity contribution in [2.24, 2.45) is 0 Å². The number of carbonyl (C=O) groups is 1. The Balaban J connectivity index is 1.43. The lowest BCUT2D eigenvalue weighted by molar-refractivity contribution is -0.124. The number of amides is 1. The molecule has 2 aromatic heterocycles. The molecular formula is C24H26FN5O. The highest BCUT2D eigenvalue weighted by Gasteiger charge is 2.46. The molecule has 1 aliphatic heterocycles. The molecule has 160 valence electrons. The number of hydrogen-bond donors (Lipinski definition) is 1. The molecule has 1 aliphatic carbocycles. The Morgan fingerprint density at radius 1 is 1.19 bits per heavy atom. The molecule has 1 N–H and O–H groups in total. The Labute approximate surface area is 181 Å². The molecule has 7 heteroatoms. The molecule has 0 atom stereocenters.